The summed E-state index contributed by atoms with van der Waals surface area (Å²) in [6.07, 6.45) is 2.15. The molecule has 1 N–H and O–H groups in total. The van der Waals surface area contributed by atoms with E-state index in [0.29, 0.717) is 50.0 Å². The Labute approximate surface area is 195 Å². The zero-order chi connectivity index (χ0) is 23.8. The number of fused-ring (bicyclic) bond motifs is 1. The fourth-order valence-electron chi connectivity index (χ4n) is 4.61. The Morgan fingerprint density at radius 3 is 2.21 bits per heavy atom. The molecule has 0 bridgehead atoms. The second kappa shape index (κ2) is 9.44. The van der Waals surface area contributed by atoms with Crippen molar-refractivity contribution in [1.82, 2.24) is 24.0 Å². The molecule has 3 heterocycles. The number of amides is 2. The summed E-state index contributed by atoms with van der Waals surface area (Å²) in [7, 11) is -3.24. The minimum absolute atomic E-state index is 0.0217. The maximum atomic E-state index is 13.1. The molecule has 2 aliphatic heterocycles. The molecule has 0 atom stereocenters. The van der Waals surface area contributed by atoms with Crippen molar-refractivity contribution >= 4 is 32.7 Å². The summed E-state index contributed by atoms with van der Waals surface area (Å²) in [6.45, 7) is 9.01. The van der Waals surface area contributed by atoms with E-state index < -0.39 is 10.0 Å². The maximum absolute atomic E-state index is 13.1. The van der Waals surface area contributed by atoms with Crippen molar-refractivity contribution in [3.63, 3.8) is 0 Å². The van der Waals surface area contributed by atoms with Crippen LogP contribution in [0.25, 0.3) is 10.9 Å². The molecule has 0 unspecified atom stereocenters. The van der Waals surface area contributed by atoms with E-state index in [-0.39, 0.29) is 11.8 Å². The van der Waals surface area contributed by atoms with Crippen molar-refractivity contribution < 1.29 is 18.0 Å². The molecule has 33 heavy (non-hydrogen) atoms. The van der Waals surface area contributed by atoms with E-state index in [1.165, 1.54) is 10.6 Å². The Hall–Kier alpha value is -2.43. The normalized spacial score (nSPS) is 19.3. The van der Waals surface area contributed by atoms with Crippen molar-refractivity contribution in [3.8, 4) is 0 Å². The number of carbonyl (C=O) groups excluding carboxylic acids is 2. The number of hydrogen-bond acceptors (Lipinski definition) is 5. The van der Waals surface area contributed by atoms with Crippen LogP contribution in [0.15, 0.2) is 24.3 Å². The number of piperazine rings is 1. The predicted octanol–water partition coefficient (Wildman–Crippen LogP) is 1.44. The highest BCUT2D eigenvalue weighted by molar-refractivity contribution is 7.88. The smallest absolute Gasteiger partial charge is 0.270 e. The molecule has 9 nitrogen and oxygen atoms in total. The second-order valence-corrected chi connectivity index (χ2v) is 11.2. The van der Waals surface area contributed by atoms with E-state index in [1.807, 2.05) is 23.1 Å². The molecule has 0 saturated carbocycles. The van der Waals surface area contributed by atoms with Crippen molar-refractivity contribution in [2.45, 2.75) is 26.3 Å². The van der Waals surface area contributed by atoms with Crippen molar-refractivity contribution in [2.24, 2.45) is 0 Å². The monoisotopic (exact) mass is 475 g/mol. The van der Waals surface area contributed by atoms with E-state index >= 15 is 0 Å². The predicted molar refractivity (Wildman–Crippen MR) is 128 cm³/mol. The number of nitrogens with zero attached hydrogens (tertiary/aromatic N) is 4. The Bertz CT molecular complexity index is 1130. The number of H-pyrrole nitrogens is 1. The summed E-state index contributed by atoms with van der Waals surface area (Å²) < 4.78 is 24.8. The third kappa shape index (κ3) is 5.23. The fourth-order valence-corrected chi connectivity index (χ4v) is 5.44. The molecule has 1 aromatic heterocycles. The number of carbonyl (C=O) groups is 2. The molecular weight excluding hydrogens is 442 g/mol. The van der Waals surface area contributed by atoms with E-state index in [4.69, 9.17) is 0 Å². The van der Waals surface area contributed by atoms with Crippen LogP contribution >= 0.6 is 0 Å². The quantitative estimate of drug-likeness (QED) is 0.722. The van der Waals surface area contributed by atoms with Gasteiger partial charge < -0.3 is 14.8 Å². The van der Waals surface area contributed by atoms with Gasteiger partial charge in [0.2, 0.25) is 10.0 Å². The van der Waals surface area contributed by atoms with Crippen molar-refractivity contribution in [2.75, 3.05) is 58.6 Å². The van der Waals surface area contributed by atoms with Gasteiger partial charge in [-0.3, -0.25) is 14.5 Å². The number of benzene rings is 1. The van der Waals surface area contributed by atoms with Gasteiger partial charge in [-0.25, -0.2) is 8.42 Å². The van der Waals surface area contributed by atoms with Crippen LogP contribution in [0.2, 0.25) is 0 Å². The Morgan fingerprint density at radius 1 is 0.879 bits per heavy atom. The van der Waals surface area contributed by atoms with Crippen LogP contribution in [0.3, 0.4) is 0 Å². The maximum Gasteiger partial charge on any atom is 0.270 e. The third-order valence-electron chi connectivity index (χ3n) is 6.64. The van der Waals surface area contributed by atoms with Crippen molar-refractivity contribution in [1.29, 1.82) is 0 Å². The lowest BCUT2D eigenvalue weighted by Gasteiger charge is -2.32. The zero-order valence-corrected chi connectivity index (χ0v) is 20.4. The van der Waals surface area contributed by atoms with Gasteiger partial charge in [-0.15, -0.1) is 0 Å². The number of aromatic amines is 1. The lowest BCUT2D eigenvalue weighted by Crippen LogP contribution is -2.50. The van der Waals surface area contributed by atoms with E-state index in [1.54, 1.807) is 11.0 Å². The molecule has 2 aromatic rings. The average molecular weight is 476 g/mol. The topological polar surface area (TPSA) is 97.0 Å². The largest absolute Gasteiger partial charge is 0.351 e. The Kier molecular flexibility index (Phi) is 6.78. The fraction of sp³-hybridized carbons (Fsp3) is 0.565. The summed E-state index contributed by atoms with van der Waals surface area (Å²) in [5.74, 6) is -0.137. The van der Waals surface area contributed by atoms with Crippen LogP contribution in [0.1, 0.15) is 41.1 Å². The van der Waals surface area contributed by atoms with Crippen LogP contribution in [0.4, 0.5) is 0 Å². The first kappa shape index (κ1) is 23.7. The highest BCUT2D eigenvalue weighted by Crippen LogP contribution is 2.21. The van der Waals surface area contributed by atoms with Gasteiger partial charge in [0.15, 0.2) is 0 Å². The average Bonchev–Trinajstić information content (AvgIpc) is 3.05. The molecular formula is C23H33N5O4S. The molecule has 10 heteroatoms. The molecule has 4 rings (SSSR count). The van der Waals surface area contributed by atoms with Gasteiger partial charge in [0.25, 0.3) is 11.8 Å². The lowest BCUT2D eigenvalue weighted by atomic mass is 10.1. The van der Waals surface area contributed by atoms with Crippen LogP contribution in [-0.2, 0) is 10.0 Å². The standard InChI is InChI=1S/C23H33N5O4S/c1-17(2)25-7-4-8-26(10-9-25)22(29)18-5-6-20-19(15-18)16-21(24-20)23(30)27-11-13-28(14-12-27)33(3,31)32/h5-6,15-17,24H,4,7-14H2,1-3H3. The molecule has 2 fully saturated rings. The molecule has 0 aliphatic carbocycles. The van der Waals surface area contributed by atoms with Crippen molar-refractivity contribution in [3.05, 3.63) is 35.5 Å². The van der Waals surface area contributed by atoms with Gasteiger partial charge >= 0.3 is 0 Å². The van der Waals surface area contributed by atoms with Gasteiger partial charge in [-0.1, -0.05) is 0 Å². The highest BCUT2D eigenvalue weighted by atomic mass is 32.2. The number of aromatic nitrogens is 1. The van der Waals surface area contributed by atoms with Gasteiger partial charge in [0, 0.05) is 74.9 Å². The van der Waals surface area contributed by atoms with E-state index in [2.05, 4.69) is 23.7 Å². The lowest BCUT2D eigenvalue weighted by molar-refractivity contribution is 0.0692. The van der Waals surface area contributed by atoms with Gasteiger partial charge in [-0.05, 0) is 44.5 Å². The van der Waals surface area contributed by atoms with Crippen LogP contribution in [0, 0.1) is 0 Å². The van der Waals surface area contributed by atoms with Crippen LogP contribution in [-0.4, -0.2) is 109 Å². The van der Waals surface area contributed by atoms with Crippen LogP contribution < -0.4 is 0 Å². The SMILES string of the molecule is CC(C)N1CCCN(C(=O)c2ccc3[nH]c(C(=O)N4CCN(S(C)(=O)=O)CC4)cc3c2)CC1. The Morgan fingerprint density at radius 2 is 1.55 bits per heavy atom. The Balaban J connectivity index is 1.45. The summed E-state index contributed by atoms with van der Waals surface area (Å²) in [5, 5.41) is 0.817. The van der Waals surface area contributed by atoms with E-state index in [0.717, 1.165) is 37.0 Å². The molecule has 1 aromatic carbocycles. The summed E-state index contributed by atoms with van der Waals surface area (Å²) >= 11 is 0. The number of rotatable bonds is 4. The molecule has 0 spiro atoms. The number of nitrogens with one attached hydrogen (secondary N) is 1. The highest BCUT2D eigenvalue weighted by Gasteiger charge is 2.27. The first-order valence-electron chi connectivity index (χ1n) is 11.5. The molecule has 0 radical (unpaired) electrons. The number of hydrogen-bond donors (Lipinski definition) is 1. The first-order valence-corrected chi connectivity index (χ1v) is 13.4. The minimum atomic E-state index is -3.24. The summed E-state index contributed by atoms with van der Waals surface area (Å²) in [5.41, 5.74) is 1.87. The van der Waals surface area contributed by atoms with Gasteiger partial charge in [-0.2, -0.15) is 4.31 Å². The molecule has 2 saturated heterocycles. The van der Waals surface area contributed by atoms with E-state index in [9.17, 15) is 18.0 Å². The van der Waals surface area contributed by atoms with Gasteiger partial charge in [0.05, 0.1) is 6.26 Å². The zero-order valence-electron chi connectivity index (χ0n) is 19.6. The van der Waals surface area contributed by atoms with Crippen LogP contribution in [0.5, 0.6) is 0 Å². The molecule has 2 amide bonds. The summed E-state index contributed by atoms with van der Waals surface area (Å²) in [6, 6.07) is 7.75. The van der Waals surface area contributed by atoms with Gasteiger partial charge in [0.1, 0.15) is 5.69 Å². The minimum Gasteiger partial charge on any atom is -0.351 e. The molecule has 180 valence electrons. The third-order valence-corrected chi connectivity index (χ3v) is 7.94. The second-order valence-electron chi connectivity index (χ2n) is 9.21. The molecule has 2 aliphatic rings. The first-order chi connectivity index (χ1) is 15.6. The summed E-state index contributed by atoms with van der Waals surface area (Å²) in [4.78, 5) is 35.2. The number of sulfonamides is 1.